The highest BCUT2D eigenvalue weighted by Gasteiger charge is 2.25. The molecule has 0 saturated heterocycles. The van der Waals surface area contributed by atoms with E-state index in [9.17, 15) is 9.18 Å². The number of nitrogens with zero attached hydrogens (tertiary/aromatic N) is 2. The van der Waals surface area contributed by atoms with Gasteiger partial charge < -0.3 is 15.5 Å². The summed E-state index contributed by atoms with van der Waals surface area (Å²) < 4.78 is 13.6. The molecule has 1 aliphatic heterocycles. The van der Waals surface area contributed by atoms with E-state index in [1.54, 1.807) is 24.0 Å². The van der Waals surface area contributed by atoms with Crippen LogP contribution in [0.1, 0.15) is 11.1 Å². The summed E-state index contributed by atoms with van der Waals surface area (Å²) in [6.07, 6.45) is 4.10. The molecule has 2 heterocycles. The minimum absolute atomic E-state index is 0.111. The van der Waals surface area contributed by atoms with Crippen LogP contribution in [0.15, 0.2) is 53.7 Å². The van der Waals surface area contributed by atoms with E-state index in [0.29, 0.717) is 13.0 Å². The van der Waals surface area contributed by atoms with Gasteiger partial charge >= 0.3 is 0 Å². The second-order valence-electron chi connectivity index (χ2n) is 7.89. The van der Waals surface area contributed by atoms with Crippen molar-refractivity contribution >= 4 is 23.4 Å². The summed E-state index contributed by atoms with van der Waals surface area (Å²) in [4.78, 5) is 16.2. The van der Waals surface area contributed by atoms with Gasteiger partial charge in [0.15, 0.2) is 0 Å². The van der Waals surface area contributed by atoms with Crippen LogP contribution in [0.2, 0.25) is 0 Å². The number of nitrogens with one attached hydrogen (secondary N) is 3. The lowest BCUT2D eigenvalue weighted by molar-refractivity contribution is -0.118. The van der Waals surface area contributed by atoms with Crippen molar-refractivity contribution in [3.05, 3.63) is 65.7 Å². The van der Waals surface area contributed by atoms with Crippen molar-refractivity contribution in [2.75, 3.05) is 31.7 Å². The zero-order chi connectivity index (χ0) is 21.8. The van der Waals surface area contributed by atoms with Gasteiger partial charge in [-0.25, -0.2) is 4.39 Å². The largest absolute Gasteiger partial charge is 0.324 e. The van der Waals surface area contributed by atoms with Crippen LogP contribution in [0, 0.1) is 5.82 Å². The number of aromatic nitrogens is 2. The molecule has 4 rings (SSSR count). The Bertz CT molecular complexity index is 1050. The molecule has 0 aliphatic carbocycles. The molecule has 1 aliphatic rings. The van der Waals surface area contributed by atoms with Crippen molar-refractivity contribution in [1.29, 1.82) is 0 Å². The summed E-state index contributed by atoms with van der Waals surface area (Å²) >= 11 is 1.71. The van der Waals surface area contributed by atoms with Gasteiger partial charge in [-0.3, -0.25) is 9.89 Å². The molecule has 0 radical (unpaired) electrons. The molecule has 8 heteroatoms. The van der Waals surface area contributed by atoms with Crippen LogP contribution in [0.5, 0.6) is 0 Å². The highest BCUT2D eigenvalue weighted by atomic mass is 32.2. The van der Waals surface area contributed by atoms with Gasteiger partial charge in [-0.15, -0.1) is 11.8 Å². The summed E-state index contributed by atoms with van der Waals surface area (Å²) in [5.41, 5.74) is 4.75. The summed E-state index contributed by atoms with van der Waals surface area (Å²) in [6, 6.07) is 10.4. The van der Waals surface area contributed by atoms with Gasteiger partial charge in [0.2, 0.25) is 5.91 Å². The number of H-pyrrole nitrogens is 1. The molecule has 6 nitrogen and oxygen atoms in total. The van der Waals surface area contributed by atoms with Crippen LogP contribution in [0.3, 0.4) is 0 Å². The molecule has 3 N–H and O–H groups in total. The Balaban J connectivity index is 1.51. The third kappa shape index (κ3) is 5.33. The molecular weight excluding hydrogens is 413 g/mol. The van der Waals surface area contributed by atoms with Crippen LogP contribution >= 0.6 is 11.8 Å². The maximum atomic E-state index is 13.6. The molecule has 0 spiro atoms. The van der Waals surface area contributed by atoms with Crippen molar-refractivity contribution < 1.29 is 9.18 Å². The van der Waals surface area contributed by atoms with E-state index in [4.69, 9.17) is 0 Å². The molecule has 1 atom stereocenters. The predicted octanol–water partition coefficient (Wildman–Crippen LogP) is 3.52. The van der Waals surface area contributed by atoms with Gasteiger partial charge in [0.25, 0.3) is 0 Å². The van der Waals surface area contributed by atoms with E-state index in [0.717, 1.165) is 45.1 Å². The van der Waals surface area contributed by atoms with E-state index < -0.39 is 6.04 Å². The Morgan fingerprint density at radius 2 is 2.10 bits per heavy atom. The quantitative estimate of drug-likeness (QED) is 0.491. The topological polar surface area (TPSA) is 73.0 Å². The fourth-order valence-corrected chi connectivity index (χ4v) is 4.72. The molecule has 1 aromatic heterocycles. The Labute approximate surface area is 185 Å². The molecule has 0 bridgehead atoms. The first kappa shape index (κ1) is 21.5. The average Bonchev–Trinajstić information content (AvgIpc) is 3.29. The van der Waals surface area contributed by atoms with Crippen molar-refractivity contribution in [2.45, 2.75) is 23.9 Å². The van der Waals surface area contributed by atoms with Gasteiger partial charge in [0.1, 0.15) is 5.82 Å². The molecule has 1 unspecified atom stereocenters. The van der Waals surface area contributed by atoms with Crippen molar-refractivity contribution in [1.82, 2.24) is 20.4 Å². The number of fused-ring (bicyclic) bond motifs is 1. The number of halogens is 1. The zero-order valence-corrected chi connectivity index (χ0v) is 18.4. The lowest BCUT2D eigenvalue weighted by atomic mass is 9.95. The molecule has 2 aromatic carbocycles. The Morgan fingerprint density at radius 1 is 1.23 bits per heavy atom. The van der Waals surface area contributed by atoms with Crippen molar-refractivity contribution in [2.24, 2.45) is 0 Å². The number of rotatable bonds is 7. The second kappa shape index (κ2) is 9.64. The van der Waals surface area contributed by atoms with Gasteiger partial charge in [0.05, 0.1) is 17.9 Å². The predicted molar refractivity (Wildman–Crippen MR) is 123 cm³/mol. The van der Waals surface area contributed by atoms with E-state index in [1.165, 1.54) is 12.1 Å². The van der Waals surface area contributed by atoms with E-state index in [1.807, 2.05) is 32.4 Å². The maximum Gasteiger partial charge on any atom is 0.241 e. The Kier molecular flexibility index (Phi) is 6.70. The summed E-state index contributed by atoms with van der Waals surface area (Å²) in [5.74, 6) is 0.522. The van der Waals surface area contributed by atoms with E-state index >= 15 is 0 Å². The lowest BCUT2D eigenvalue weighted by Gasteiger charge is -2.26. The molecule has 1 amide bonds. The van der Waals surface area contributed by atoms with Crippen LogP contribution < -0.4 is 10.6 Å². The van der Waals surface area contributed by atoms with Crippen molar-refractivity contribution in [3.63, 3.8) is 0 Å². The monoisotopic (exact) mass is 439 g/mol. The summed E-state index contributed by atoms with van der Waals surface area (Å²) in [7, 11) is 4.08. The number of hydrogen-bond donors (Lipinski definition) is 3. The van der Waals surface area contributed by atoms with Gasteiger partial charge in [-0.05, 0) is 61.5 Å². The Hall–Kier alpha value is -2.68. The summed E-state index contributed by atoms with van der Waals surface area (Å²) in [5, 5.41) is 13.2. The molecule has 31 heavy (non-hydrogen) atoms. The van der Waals surface area contributed by atoms with Crippen LogP contribution in [0.25, 0.3) is 11.1 Å². The van der Waals surface area contributed by atoms with E-state index in [2.05, 4.69) is 31.8 Å². The number of amides is 1. The summed E-state index contributed by atoms with van der Waals surface area (Å²) in [6.45, 7) is 1.48. The van der Waals surface area contributed by atoms with Gasteiger partial charge in [-0.2, -0.15) is 5.10 Å². The molecular formula is C23H26FN5OS. The second-order valence-corrected chi connectivity index (χ2v) is 9.03. The SMILES string of the molecule is CN(C)CCSc1cc(-c2cn[nH]c2)ccc1NC(=O)C1Cc2cc(F)ccc2CN1. The Morgan fingerprint density at radius 3 is 2.87 bits per heavy atom. The number of thioether (sulfide) groups is 1. The van der Waals surface area contributed by atoms with Crippen LogP contribution in [0.4, 0.5) is 10.1 Å². The maximum absolute atomic E-state index is 13.6. The van der Waals surface area contributed by atoms with Crippen LogP contribution in [-0.4, -0.2) is 53.4 Å². The normalized spacial score (nSPS) is 15.7. The van der Waals surface area contributed by atoms with Crippen LogP contribution in [-0.2, 0) is 17.8 Å². The number of carbonyl (C=O) groups excluding carboxylic acids is 1. The average molecular weight is 440 g/mol. The number of aromatic amines is 1. The fourth-order valence-electron chi connectivity index (χ4n) is 3.56. The minimum atomic E-state index is -0.400. The zero-order valence-electron chi connectivity index (χ0n) is 17.6. The number of anilines is 1. The third-order valence-corrected chi connectivity index (χ3v) is 6.35. The standard InChI is InChI=1S/C23H26FN5OS/c1-29(2)7-8-31-22-11-15(18-13-26-27-14-18)4-6-20(22)28-23(30)21-10-17-9-19(24)5-3-16(17)12-25-21/h3-6,9,11,13-14,21,25H,7-8,10,12H2,1-2H3,(H,26,27)(H,28,30). The van der Waals surface area contributed by atoms with E-state index in [-0.39, 0.29) is 11.7 Å². The first-order valence-electron chi connectivity index (χ1n) is 10.2. The van der Waals surface area contributed by atoms with Gasteiger partial charge in [-0.1, -0.05) is 12.1 Å². The third-order valence-electron chi connectivity index (χ3n) is 5.31. The number of carbonyl (C=O) groups is 1. The first-order valence-corrected chi connectivity index (χ1v) is 11.2. The molecule has 162 valence electrons. The smallest absolute Gasteiger partial charge is 0.241 e. The van der Waals surface area contributed by atoms with Gasteiger partial charge in [0, 0.05) is 35.5 Å². The molecule has 0 fully saturated rings. The minimum Gasteiger partial charge on any atom is -0.324 e. The molecule has 3 aromatic rings. The number of benzene rings is 2. The molecule has 0 saturated carbocycles. The first-order chi connectivity index (χ1) is 15.0. The number of hydrogen-bond acceptors (Lipinski definition) is 5. The van der Waals surface area contributed by atoms with Crippen molar-refractivity contribution in [3.8, 4) is 11.1 Å². The highest BCUT2D eigenvalue weighted by Crippen LogP contribution is 2.32. The fraction of sp³-hybridized carbons (Fsp3) is 0.304. The lowest BCUT2D eigenvalue weighted by Crippen LogP contribution is -2.44. The highest BCUT2D eigenvalue weighted by molar-refractivity contribution is 7.99.